The summed E-state index contributed by atoms with van der Waals surface area (Å²) in [7, 11) is 0. The molecule has 0 aliphatic carbocycles. The molecule has 0 aromatic carbocycles. The van der Waals surface area contributed by atoms with E-state index in [1.807, 2.05) is 6.20 Å². The number of rotatable bonds is 2. The maximum atomic E-state index is 6.03. The first kappa shape index (κ1) is 14.1. The van der Waals surface area contributed by atoms with Crippen molar-refractivity contribution >= 4 is 33.3 Å². The third kappa shape index (κ3) is 3.39. The Kier molecular flexibility index (Phi) is 4.54. The van der Waals surface area contributed by atoms with Crippen molar-refractivity contribution in [2.75, 3.05) is 18.0 Å². The van der Waals surface area contributed by atoms with Gasteiger partial charge in [0.2, 0.25) is 0 Å². The second kappa shape index (κ2) is 5.79. The van der Waals surface area contributed by atoms with Crippen LogP contribution in [0.3, 0.4) is 0 Å². The number of hydrogen-bond donors (Lipinski definition) is 0. The first-order chi connectivity index (χ1) is 8.52. The summed E-state index contributed by atoms with van der Waals surface area (Å²) < 4.78 is 0.997. The molecule has 1 saturated heterocycles. The lowest BCUT2D eigenvalue weighted by atomic mass is 9.85. The molecule has 2 heterocycles. The quantitative estimate of drug-likeness (QED) is 0.736. The molecule has 0 atom stereocenters. The van der Waals surface area contributed by atoms with Crippen LogP contribution in [0.4, 0.5) is 5.82 Å². The molecule has 0 unspecified atom stereocenters. The molecule has 0 amide bonds. The Morgan fingerprint density at radius 2 is 2.17 bits per heavy atom. The lowest BCUT2D eigenvalue weighted by Gasteiger charge is -2.25. The van der Waals surface area contributed by atoms with Crippen molar-refractivity contribution in [1.29, 1.82) is 0 Å². The third-order valence-corrected chi connectivity index (χ3v) is 4.41. The Balaban J connectivity index is 2.21. The molecule has 0 spiro atoms. The van der Waals surface area contributed by atoms with Crippen LogP contribution in [-0.2, 0) is 5.88 Å². The van der Waals surface area contributed by atoms with Crippen LogP contribution in [0.25, 0.3) is 0 Å². The molecular formula is C14H20BrClN2. The maximum absolute atomic E-state index is 6.03. The predicted molar refractivity (Wildman–Crippen MR) is 81.3 cm³/mol. The van der Waals surface area contributed by atoms with Crippen LogP contribution in [0.2, 0.25) is 0 Å². The van der Waals surface area contributed by atoms with E-state index in [1.54, 1.807) is 0 Å². The minimum Gasteiger partial charge on any atom is -0.356 e. The Bertz CT molecular complexity index is 420. The van der Waals surface area contributed by atoms with Gasteiger partial charge in [0.15, 0.2) is 0 Å². The van der Waals surface area contributed by atoms with Gasteiger partial charge >= 0.3 is 0 Å². The van der Waals surface area contributed by atoms with Crippen molar-refractivity contribution in [2.45, 2.75) is 39.0 Å². The highest BCUT2D eigenvalue weighted by Gasteiger charge is 2.24. The lowest BCUT2D eigenvalue weighted by Crippen LogP contribution is -2.27. The van der Waals surface area contributed by atoms with E-state index in [1.165, 1.54) is 19.3 Å². The maximum Gasteiger partial charge on any atom is 0.133 e. The molecule has 2 rings (SSSR count). The van der Waals surface area contributed by atoms with Crippen LogP contribution in [-0.4, -0.2) is 18.1 Å². The van der Waals surface area contributed by atoms with Crippen molar-refractivity contribution in [1.82, 2.24) is 4.98 Å². The van der Waals surface area contributed by atoms with Crippen molar-refractivity contribution in [3.05, 3.63) is 22.3 Å². The van der Waals surface area contributed by atoms with Crippen LogP contribution in [0.1, 0.15) is 38.7 Å². The van der Waals surface area contributed by atoms with E-state index >= 15 is 0 Å². The molecule has 1 fully saturated rings. The van der Waals surface area contributed by atoms with Gasteiger partial charge in [-0.15, -0.1) is 11.6 Å². The number of alkyl halides is 1. The Morgan fingerprint density at radius 3 is 2.89 bits per heavy atom. The molecule has 0 bridgehead atoms. The van der Waals surface area contributed by atoms with E-state index < -0.39 is 0 Å². The zero-order valence-electron chi connectivity index (χ0n) is 11.0. The average molecular weight is 332 g/mol. The Morgan fingerprint density at radius 1 is 1.39 bits per heavy atom. The first-order valence-electron chi connectivity index (χ1n) is 6.47. The summed E-state index contributed by atoms with van der Waals surface area (Å²) in [4.78, 5) is 6.94. The van der Waals surface area contributed by atoms with Crippen molar-refractivity contribution in [3.63, 3.8) is 0 Å². The number of aromatic nitrogens is 1. The molecule has 0 saturated carbocycles. The Hall–Kier alpha value is -0.280. The summed E-state index contributed by atoms with van der Waals surface area (Å²) in [5, 5.41) is 0. The van der Waals surface area contributed by atoms with Gasteiger partial charge in [0.05, 0.1) is 5.88 Å². The SMILES string of the molecule is CC1(C)CCCN(c2ncc(Br)cc2CCl)CC1. The zero-order chi connectivity index (χ0) is 13.2. The fraction of sp³-hybridized carbons (Fsp3) is 0.643. The van der Waals surface area contributed by atoms with Crippen molar-refractivity contribution in [3.8, 4) is 0 Å². The van der Waals surface area contributed by atoms with Crippen LogP contribution >= 0.6 is 27.5 Å². The van der Waals surface area contributed by atoms with E-state index in [-0.39, 0.29) is 0 Å². The summed E-state index contributed by atoms with van der Waals surface area (Å²) in [6, 6.07) is 2.07. The largest absolute Gasteiger partial charge is 0.356 e. The fourth-order valence-electron chi connectivity index (χ4n) is 2.49. The van der Waals surface area contributed by atoms with Gasteiger partial charge in [-0.2, -0.15) is 0 Å². The summed E-state index contributed by atoms with van der Waals surface area (Å²) in [6.45, 7) is 6.87. The smallest absolute Gasteiger partial charge is 0.133 e. The van der Waals surface area contributed by atoms with Gasteiger partial charge in [0, 0.05) is 29.3 Å². The van der Waals surface area contributed by atoms with Crippen LogP contribution in [0.15, 0.2) is 16.7 Å². The lowest BCUT2D eigenvalue weighted by molar-refractivity contribution is 0.325. The van der Waals surface area contributed by atoms with E-state index in [9.17, 15) is 0 Å². The second-order valence-electron chi connectivity index (χ2n) is 5.77. The van der Waals surface area contributed by atoms with Crippen LogP contribution in [0.5, 0.6) is 0 Å². The second-order valence-corrected chi connectivity index (χ2v) is 6.96. The third-order valence-electron chi connectivity index (χ3n) is 3.69. The highest BCUT2D eigenvalue weighted by Crippen LogP contribution is 2.32. The Labute approximate surface area is 123 Å². The molecule has 0 N–H and O–H groups in total. The van der Waals surface area contributed by atoms with Crippen LogP contribution in [0, 0.1) is 5.41 Å². The van der Waals surface area contributed by atoms with Gasteiger partial charge < -0.3 is 4.90 Å². The fourth-order valence-corrected chi connectivity index (χ4v) is 3.07. The molecule has 100 valence electrons. The van der Waals surface area contributed by atoms with Gasteiger partial charge in [0.1, 0.15) is 5.82 Å². The summed E-state index contributed by atoms with van der Waals surface area (Å²) in [5.41, 5.74) is 1.57. The van der Waals surface area contributed by atoms with Crippen molar-refractivity contribution in [2.24, 2.45) is 5.41 Å². The van der Waals surface area contributed by atoms with Gasteiger partial charge in [0.25, 0.3) is 0 Å². The monoisotopic (exact) mass is 330 g/mol. The number of anilines is 1. The minimum atomic E-state index is 0.450. The molecule has 2 nitrogen and oxygen atoms in total. The molecule has 4 heteroatoms. The summed E-state index contributed by atoms with van der Waals surface area (Å²) in [5.74, 6) is 1.58. The van der Waals surface area contributed by atoms with E-state index in [2.05, 4.69) is 45.7 Å². The number of nitrogens with zero attached hydrogens (tertiary/aromatic N) is 2. The molecule has 1 aromatic heterocycles. The minimum absolute atomic E-state index is 0.450. The highest BCUT2D eigenvalue weighted by atomic mass is 79.9. The molecule has 1 aliphatic rings. The predicted octanol–water partition coefficient (Wildman–Crippen LogP) is 4.60. The van der Waals surface area contributed by atoms with Crippen LogP contribution < -0.4 is 4.90 Å². The normalized spacial score (nSPS) is 19.7. The summed E-state index contributed by atoms with van der Waals surface area (Å²) >= 11 is 9.49. The van der Waals surface area contributed by atoms with Gasteiger partial charge in [-0.05, 0) is 46.7 Å². The molecule has 0 radical (unpaired) electrons. The number of halogens is 2. The summed E-state index contributed by atoms with van der Waals surface area (Å²) in [6.07, 6.45) is 5.59. The van der Waals surface area contributed by atoms with Gasteiger partial charge in [-0.1, -0.05) is 13.8 Å². The number of pyridine rings is 1. The van der Waals surface area contributed by atoms with Crippen molar-refractivity contribution < 1.29 is 0 Å². The molecular weight excluding hydrogens is 312 g/mol. The molecule has 18 heavy (non-hydrogen) atoms. The highest BCUT2D eigenvalue weighted by molar-refractivity contribution is 9.10. The van der Waals surface area contributed by atoms with E-state index in [0.29, 0.717) is 11.3 Å². The van der Waals surface area contributed by atoms with Gasteiger partial charge in [-0.3, -0.25) is 0 Å². The molecule has 1 aromatic rings. The average Bonchev–Trinajstić information content (AvgIpc) is 2.50. The van der Waals surface area contributed by atoms with E-state index in [4.69, 9.17) is 11.6 Å². The topological polar surface area (TPSA) is 16.1 Å². The first-order valence-corrected chi connectivity index (χ1v) is 7.80. The van der Waals surface area contributed by atoms with Gasteiger partial charge in [-0.25, -0.2) is 4.98 Å². The standard InChI is InChI=1S/C14H20BrClN2/c1-14(2)4-3-6-18(7-5-14)13-11(9-16)8-12(15)10-17-13/h8,10H,3-7,9H2,1-2H3. The number of hydrogen-bond acceptors (Lipinski definition) is 2. The zero-order valence-corrected chi connectivity index (χ0v) is 13.4. The molecule has 1 aliphatic heterocycles. The van der Waals surface area contributed by atoms with E-state index in [0.717, 1.165) is 28.9 Å².